The minimum Gasteiger partial charge on any atom is -0.395 e. The minimum atomic E-state index is 0.104. The molecule has 2 saturated carbocycles. The summed E-state index contributed by atoms with van der Waals surface area (Å²) in [5.74, 6) is 0.893. The molecule has 2 fully saturated rings. The Kier molecular flexibility index (Phi) is 4.22. The first-order chi connectivity index (χ1) is 7.81. The molecular weight excluding hydrogens is 202 g/mol. The molecule has 0 saturated heterocycles. The van der Waals surface area contributed by atoms with Crippen molar-refractivity contribution in [1.82, 2.24) is 4.90 Å². The smallest absolute Gasteiger partial charge is 0.223 e. The van der Waals surface area contributed by atoms with E-state index in [9.17, 15) is 4.79 Å². The molecule has 0 aliphatic heterocycles. The fraction of sp³-hybridized carbons (Fsp3) is 0.923. The zero-order chi connectivity index (χ0) is 11.4. The molecular formula is C13H23NO2. The first-order valence-electron chi connectivity index (χ1n) is 6.71. The fourth-order valence-corrected chi connectivity index (χ4v) is 2.76. The van der Waals surface area contributed by atoms with Gasteiger partial charge in [0.2, 0.25) is 5.91 Å². The topological polar surface area (TPSA) is 40.5 Å². The highest BCUT2D eigenvalue weighted by atomic mass is 16.3. The predicted octanol–water partition coefficient (Wildman–Crippen LogP) is 1.94. The average molecular weight is 225 g/mol. The summed E-state index contributed by atoms with van der Waals surface area (Å²) in [6, 6.07) is 0.447. The number of rotatable bonds is 5. The second kappa shape index (κ2) is 5.67. The Morgan fingerprint density at radius 3 is 2.38 bits per heavy atom. The largest absolute Gasteiger partial charge is 0.395 e. The summed E-state index contributed by atoms with van der Waals surface area (Å²) in [6.07, 6.45) is 9.37. The summed E-state index contributed by atoms with van der Waals surface area (Å²) in [7, 11) is 0. The third kappa shape index (κ3) is 3.21. The van der Waals surface area contributed by atoms with Crippen LogP contribution in [0.2, 0.25) is 0 Å². The van der Waals surface area contributed by atoms with Crippen molar-refractivity contribution < 1.29 is 9.90 Å². The van der Waals surface area contributed by atoms with Gasteiger partial charge in [0, 0.05) is 19.0 Å². The number of amides is 1. The summed E-state index contributed by atoms with van der Waals surface area (Å²) in [6.45, 7) is 0.642. The maximum Gasteiger partial charge on any atom is 0.223 e. The van der Waals surface area contributed by atoms with Crippen LogP contribution in [0.4, 0.5) is 0 Å². The van der Waals surface area contributed by atoms with Gasteiger partial charge in [-0.25, -0.2) is 0 Å². The molecule has 0 aromatic carbocycles. The van der Waals surface area contributed by atoms with Crippen LogP contribution in [0.5, 0.6) is 0 Å². The molecule has 3 nitrogen and oxygen atoms in total. The average Bonchev–Trinajstić information content (AvgIpc) is 3.11. The van der Waals surface area contributed by atoms with Crippen LogP contribution < -0.4 is 0 Å². The van der Waals surface area contributed by atoms with Gasteiger partial charge in [-0.3, -0.25) is 4.79 Å². The van der Waals surface area contributed by atoms with E-state index in [1.165, 1.54) is 32.1 Å². The van der Waals surface area contributed by atoms with E-state index >= 15 is 0 Å². The minimum absolute atomic E-state index is 0.104. The summed E-state index contributed by atoms with van der Waals surface area (Å²) in [4.78, 5) is 14.0. The fourth-order valence-electron chi connectivity index (χ4n) is 2.76. The van der Waals surface area contributed by atoms with Crippen molar-refractivity contribution in [3.05, 3.63) is 0 Å². The molecule has 0 unspecified atom stereocenters. The summed E-state index contributed by atoms with van der Waals surface area (Å²) in [5.41, 5.74) is 0. The molecule has 1 N–H and O–H groups in total. The highest BCUT2D eigenvalue weighted by Crippen LogP contribution is 2.30. The Bertz CT molecular complexity index is 232. The lowest BCUT2D eigenvalue weighted by Crippen LogP contribution is -2.36. The van der Waals surface area contributed by atoms with E-state index in [2.05, 4.69) is 0 Å². The zero-order valence-corrected chi connectivity index (χ0v) is 10.0. The molecule has 0 aromatic heterocycles. The molecule has 0 heterocycles. The maximum absolute atomic E-state index is 12.1. The molecule has 0 spiro atoms. The van der Waals surface area contributed by atoms with Crippen molar-refractivity contribution in [1.29, 1.82) is 0 Å². The lowest BCUT2D eigenvalue weighted by Gasteiger charge is -2.26. The summed E-state index contributed by atoms with van der Waals surface area (Å²) in [5, 5.41) is 8.97. The van der Waals surface area contributed by atoms with Crippen LogP contribution in [0.3, 0.4) is 0 Å². The Morgan fingerprint density at radius 1 is 1.12 bits per heavy atom. The van der Waals surface area contributed by atoms with Crippen molar-refractivity contribution >= 4 is 5.91 Å². The standard InChI is InChI=1S/C13H23NO2/c15-9-8-14(12-6-7-12)13(16)10-11-4-2-1-3-5-11/h11-12,15H,1-10H2. The quantitative estimate of drug-likeness (QED) is 0.776. The van der Waals surface area contributed by atoms with Gasteiger partial charge in [-0.2, -0.15) is 0 Å². The molecule has 92 valence electrons. The SMILES string of the molecule is O=C(CC1CCCCC1)N(CCO)C1CC1. The van der Waals surface area contributed by atoms with Gasteiger partial charge in [0.05, 0.1) is 6.61 Å². The lowest BCUT2D eigenvalue weighted by atomic mass is 9.86. The molecule has 0 atom stereocenters. The van der Waals surface area contributed by atoms with Crippen molar-refractivity contribution in [2.75, 3.05) is 13.2 Å². The molecule has 1 amide bonds. The molecule has 2 rings (SSSR count). The number of aliphatic hydroxyl groups is 1. The van der Waals surface area contributed by atoms with Crippen LogP contribution in [0.15, 0.2) is 0 Å². The Hall–Kier alpha value is -0.570. The molecule has 2 aliphatic rings. The number of hydrogen-bond acceptors (Lipinski definition) is 2. The van der Waals surface area contributed by atoms with Crippen LogP contribution >= 0.6 is 0 Å². The van der Waals surface area contributed by atoms with Crippen LogP contribution in [0, 0.1) is 5.92 Å². The van der Waals surface area contributed by atoms with Gasteiger partial charge in [-0.05, 0) is 31.6 Å². The van der Waals surface area contributed by atoms with Gasteiger partial charge in [-0.1, -0.05) is 19.3 Å². The van der Waals surface area contributed by atoms with Crippen LogP contribution in [-0.4, -0.2) is 35.1 Å². The number of aliphatic hydroxyl groups excluding tert-OH is 1. The second-order valence-electron chi connectivity index (χ2n) is 5.25. The zero-order valence-electron chi connectivity index (χ0n) is 10.0. The van der Waals surface area contributed by atoms with E-state index in [1.54, 1.807) is 0 Å². The van der Waals surface area contributed by atoms with Crippen LogP contribution in [-0.2, 0) is 4.79 Å². The monoisotopic (exact) mass is 225 g/mol. The van der Waals surface area contributed by atoms with E-state index in [4.69, 9.17) is 5.11 Å². The maximum atomic E-state index is 12.1. The molecule has 0 radical (unpaired) electrons. The first kappa shape index (κ1) is 11.9. The first-order valence-corrected chi connectivity index (χ1v) is 6.71. The third-order valence-electron chi connectivity index (χ3n) is 3.84. The van der Waals surface area contributed by atoms with E-state index in [0.717, 1.165) is 19.3 Å². The van der Waals surface area contributed by atoms with Gasteiger partial charge in [0.15, 0.2) is 0 Å². The highest BCUT2D eigenvalue weighted by molar-refractivity contribution is 5.77. The second-order valence-corrected chi connectivity index (χ2v) is 5.25. The van der Waals surface area contributed by atoms with E-state index < -0.39 is 0 Å². The normalized spacial score (nSPS) is 22.1. The highest BCUT2D eigenvalue weighted by Gasteiger charge is 2.32. The molecule has 16 heavy (non-hydrogen) atoms. The van der Waals surface area contributed by atoms with Crippen molar-refractivity contribution in [2.45, 2.75) is 57.4 Å². The van der Waals surface area contributed by atoms with Gasteiger partial charge >= 0.3 is 0 Å². The lowest BCUT2D eigenvalue weighted by molar-refractivity contribution is -0.133. The Morgan fingerprint density at radius 2 is 1.81 bits per heavy atom. The van der Waals surface area contributed by atoms with Gasteiger partial charge in [-0.15, -0.1) is 0 Å². The van der Waals surface area contributed by atoms with Crippen molar-refractivity contribution in [2.24, 2.45) is 5.92 Å². The molecule has 0 aromatic rings. The molecule has 2 aliphatic carbocycles. The molecule has 3 heteroatoms. The van der Waals surface area contributed by atoms with E-state index in [-0.39, 0.29) is 12.5 Å². The molecule has 0 bridgehead atoms. The van der Waals surface area contributed by atoms with Crippen molar-refractivity contribution in [3.8, 4) is 0 Å². The summed E-state index contributed by atoms with van der Waals surface area (Å²) < 4.78 is 0. The number of carbonyl (C=O) groups is 1. The number of nitrogens with zero attached hydrogens (tertiary/aromatic N) is 1. The van der Waals surface area contributed by atoms with Gasteiger partial charge in [0.1, 0.15) is 0 Å². The van der Waals surface area contributed by atoms with Crippen molar-refractivity contribution in [3.63, 3.8) is 0 Å². The van der Waals surface area contributed by atoms with E-state index in [1.807, 2.05) is 4.90 Å². The Labute approximate surface area is 97.8 Å². The van der Waals surface area contributed by atoms with Gasteiger partial charge < -0.3 is 10.0 Å². The Balaban J connectivity index is 1.79. The number of carbonyl (C=O) groups excluding carboxylic acids is 1. The number of hydrogen-bond donors (Lipinski definition) is 1. The van der Waals surface area contributed by atoms with Crippen LogP contribution in [0.25, 0.3) is 0 Å². The third-order valence-corrected chi connectivity index (χ3v) is 3.84. The summed E-state index contributed by atoms with van der Waals surface area (Å²) >= 11 is 0. The van der Waals surface area contributed by atoms with Crippen LogP contribution in [0.1, 0.15) is 51.4 Å². The van der Waals surface area contributed by atoms with E-state index in [0.29, 0.717) is 18.5 Å². The van der Waals surface area contributed by atoms with Gasteiger partial charge in [0.25, 0.3) is 0 Å². The predicted molar refractivity (Wildman–Crippen MR) is 63.0 cm³/mol.